The summed E-state index contributed by atoms with van der Waals surface area (Å²) in [5.41, 5.74) is 0.127. The summed E-state index contributed by atoms with van der Waals surface area (Å²) in [6.45, 7) is 2.46. The standard InChI is InChI=1S/C18H22FN5O2/c1-13-11-15(23(2)22-13)16(25)24-9-5-18(19,6-10-24)17(26)21-12-14-3-7-20-8-4-14/h3-4,7-8,11H,5-6,9-10,12H2,1-2H3,(H,21,26). The van der Waals surface area contributed by atoms with Gasteiger partial charge in [-0.05, 0) is 30.7 Å². The number of aromatic nitrogens is 3. The van der Waals surface area contributed by atoms with Crippen molar-refractivity contribution in [2.75, 3.05) is 13.1 Å². The third kappa shape index (κ3) is 3.74. The number of aryl methyl sites for hydroxylation is 2. The molecule has 1 N–H and O–H groups in total. The number of carbonyl (C=O) groups is 2. The Labute approximate surface area is 151 Å². The van der Waals surface area contributed by atoms with E-state index in [9.17, 15) is 9.59 Å². The maximum Gasteiger partial charge on any atom is 0.272 e. The molecule has 3 heterocycles. The minimum Gasteiger partial charge on any atom is -0.349 e. The molecule has 0 aromatic carbocycles. The van der Waals surface area contributed by atoms with E-state index in [2.05, 4.69) is 15.4 Å². The zero-order valence-electron chi connectivity index (χ0n) is 14.9. The van der Waals surface area contributed by atoms with E-state index in [0.717, 1.165) is 11.3 Å². The highest BCUT2D eigenvalue weighted by molar-refractivity contribution is 5.93. The maximum absolute atomic E-state index is 15.0. The Morgan fingerprint density at radius 1 is 1.27 bits per heavy atom. The summed E-state index contributed by atoms with van der Waals surface area (Å²) in [7, 11) is 1.70. The molecule has 1 aliphatic heterocycles. The molecule has 2 amide bonds. The van der Waals surface area contributed by atoms with Crippen LogP contribution in [0, 0.1) is 6.92 Å². The fraction of sp³-hybridized carbons (Fsp3) is 0.444. The van der Waals surface area contributed by atoms with Crippen molar-refractivity contribution in [3.63, 3.8) is 0 Å². The number of likely N-dealkylation sites (tertiary alicyclic amines) is 1. The Morgan fingerprint density at radius 2 is 1.92 bits per heavy atom. The Morgan fingerprint density at radius 3 is 2.50 bits per heavy atom. The van der Waals surface area contributed by atoms with Gasteiger partial charge < -0.3 is 10.2 Å². The van der Waals surface area contributed by atoms with Gasteiger partial charge in [0.1, 0.15) is 5.69 Å². The van der Waals surface area contributed by atoms with Gasteiger partial charge in [-0.3, -0.25) is 19.3 Å². The van der Waals surface area contributed by atoms with Crippen LogP contribution in [0.2, 0.25) is 0 Å². The highest BCUT2D eigenvalue weighted by atomic mass is 19.1. The van der Waals surface area contributed by atoms with E-state index in [1.165, 1.54) is 4.68 Å². The average Bonchev–Trinajstić information content (AvgIpc) is 2.98. The van der Waals surface area contributed by atoms with Crippen molar-refractivity contribution in [1.29, 1.82) is 0 Å². The molecule has 0 radical (unpaired) electrons. The van der Waals surface area contributed by atoms with Crippen LogP contribution < -0.4 is 5.32 Å². The van der Waals surface area contributed by atoms with Crippen molar-refractivity contribution in [2.24, 2.45) is 7.05 Å². The largest absolute Gasteiger partial charge is 0.349 e. The molecule has 26 heavy (non-hydrogen) atoms. The molecular formula is C18H22FN5O2. The molecule has 0 atom stereocenters. The normalized spacial score (nSPS) is 16.3. The molecule has 138 valence electrons. The summed E-state index contributed by atoms with van der Waals surface area (Å²) in [4.78, 5) is 30.3. The number of nitrogens with one attached hydrogen (secondary N) is 1. The van der Waals surface area contributed by atoms with Gasteiger partial charge >= 0.3 is 0 Å². The van der Waals surface area contributed by atoms with Crippen LogP contribution in [0.25, 0.3) is 0 Å². The highest BCUT2D eigenvalue weighted by Gasteiger charge is 2.42. The van der Waals surface area contributed by atoms with Gasteiger partial charge in [-0.25, -0.2) is 4.39 Å². The van der Waals surface area contributed by atoms with Crippen LogP contribution >= 0.6 is 0 Å². The molecule has 8 heteroatoms. The number of amides is 2. The predicted molar refractivity (Wildman–Crippen MR) is 93.0 cm³/mol. The van der Waals surface area contributed by atoms with Gasteiger partial charge in [0, 0.05) is 51.9 Å². The molecule has 1 aliphatic rings. The van der Waals surface area contributed by atoms with E-state index in [0.29, 0.717) is 5.69 Å². The molecule has 0 unspecified atom stereocenters. The number of pyridine rings is 1. The molecule has 1 saturated heterocycles. The number of hydrogen-bond donors (Lipinski definition) is 1. The molecule has 7 nitrogen and oxygen atoms in total. The summed E-state index contributed by atoms with van der Waals surface area (Å²) in [5.74, 6) is -0.815. The lowest BCUT2D eigenvalue weighted by Gasteiger charge is -2.35. The summed E-state index contributed by atoms with van der Waals surface area (Å²) in [6.07, 6.45) is 3.21. The lowest BCUT2D eigenvalue weighted by Crippen LogP contribution is -2.52. The van der Waals surface area contributed by atoms with Crippen LogP contribution in [0.4, 0.5) is 4.39 Å². The first-order valence-corrected chi connectivity index (χ1v) is 8.55. The second kappa shape index (κ2) is 7.23. The number of hydrogen-bond acceptors (Lipinski definition) is 4. The molecule has 2 aromatic heterocycles. The van der Waals surface area contributed by atoms with Crippen molar-refractivity contribution in [2.45, 2.75) is 32.0 Å². The zero-order valence-corrected chi connectivity index (χ0v) is 14.9. The van der Waals surface area contributed by atoms with Gasteiger partial charge in [-0.15, -0.1) is 0 Å². The van der Waals surface area contributed by atoms with Gasteiger partial charge in [0.15, 0.2) is 5.67 Å². The van der Waals surface area contributed by atoms with Crippen molar-refractivity contribution in [3.05, 3.63) is 47.5 Å². The number of piperidine rings is 1. The van der Waals surface area contributed by atoms with Crippen LogP contribution in [0.1, 0.15) is 34.6 Å². The van der Waals surface area contributed by atoms with Gasteiger partial charge in [0.05, 0.1) is 5.69 Å². The van der Waals surface area contributed by atoms with E-state index in [1.54, 1.807) is 42.5 Å². The van der Waals surface area contributed by atoms with E-state index in [-0.39, 0.29) is 38.4 Å². The lowest BCUT2D eigenvalue weighted by atomic mass is 9.92. The molecule has 2 aromatic rings. The number of alkyl halides is 1. The Balaban J connectivity index is 1.57. The average molecular weight is 359 g/mol. The number of nitrogens with zero attached hydrogens (tertiary/aromatic N) is 4. The quantitative estimate of drug-likeness (QED) is 0.894. The molecule has 3 rings (SSSR count). The minimum absolute atomic E-state index is 0.0161. The molecular weight excluding hydrogens is 337 g/mol. The third-order valence-electron chi connectivity index (χ3n) is 4.67. The van der Waals surface area contributed by atoms with Gasteiger partial charge in [0.25, 0.3) is 11.8 Å². The number of carbonyl (C=O) groups excluding carboxylic acids is 2. The van der Waals surface area contributed by atoms with Crippen LogP contribution in [0.5, 0.6) is 0 Å². The van der Waals surface area contributed by atoms with Crippen molar-refractivity contribution < 1.29 is 14.0 Å². The van der Waals surface area contributed by atoms with Gasteiger partial charge in [-0.2, -0.15) is 5.10 Å². The van der Waals surface area contributed by atoms with E-state index in [4.69, 9.17) is 0 Å². The zero-order chi connectivity index (χ0) is 18.7. The first kappa shape index (κ1) is 18.0. The first-order chi connectivity index (χ1) is 12.4. The summed E-state index contributed by atoms with van der Waals surface area (Å²) in [5, 5.41) is 6.80. The van der Waals surface area contributed by atoms with Gasteiger partial charge in [-0.1, -0.05) is 0 Å². The molecule has 0 saturated carbocycles. The third-order valence-corrected chi connectivity index (χ3v) is 4.67. The van der Waals surface area contributed by atoms with E-state index in [1.807, 2.05) is 6.92 Å². The van der Waals surface area contributed by atoms with Crippen LogP contribution in [-0.2, 0) is 18.4 Å². The van der Waals surface area contributed by atoms with E-state index < -0.39 is 11.6 Å². The lowest BCUT2D eigenvalue weighted by molar-refractivity contribution is -0.135. The first-order valence-electron chi connectivity index (χ1n) is 8.55. The topological polar surface area (TPSA) is 80.1 Å². The summed E-state index contributed by atoms with van der Waals surface area (Å²) >= 11 is 0. The van der Waals surface area contributed by atoms with Gasteiger partial charge in [0.2, 0.25) is 0 Å². The number of halogens is 1. The molecule has 1 fully saturated rings. The second-order valence-electron chi connectivity index (χ2n) is 6.59. The van der Waals surface area contributed by atoms with Crippen molar-refractivity contribution in [1.82, 2.24) is 25.0 Å². The van der Waals surface area contributed by atoms with Crippen molar-refractivity contribution in [3.8, 4) is 0 Å². The number of rotatable bonds is 4. The predicted octanol–water partition coefficient (Wildman–Crippen LogP) is 1.38. The van der Waals surface area contributed by atoms with Crippen LogP contribution in [0.15, 0.2) is 30.6 Å². The monoisotopic (exact) mass is 359 g/mol. The molecule has 0 spiro atoms. The molecule has 0 aliphatic carbocycles. The maximum atomic E-state index is 15.0. The minimum atomic E-state index is -1.95. The summed E-state index contributed by atoms with van der Waals surface area (Å²) < 4.78 is 16.5. The summed E-state index contributed by atoms with van der Waals surface area (Å²) in [6, 6.07) is 5.24. The smallest absolute Gasteiger partial charge is 0.272 e. The fourth-order valence-corrected chi connectivity index (χ4v) is 3.11. The van der Waals surface area contributed by atoms with E-state index >= 15 is 4.39 Å². The Kier molecular flexibility index (Phi) is 5.01. The SMILES string of the molecule is Cc1cc(C(=O)N2CCC(F)(C(=O)NCc3ccncc3)CC2)n(C)n1. The van der Waals surface area contributed by atoms with Crippen LogP contribution in [0.3, 0.4) is 0 Å². The Bertz CT molecular complexity index is 797. The molecule has 0 bridgehead atoms. The van der Waals surface area contributed by atoms with Crippen molar-refractivity contribution >= 4 is 11.8 Å². The van der Waals surface area contributed by atoms with Crippen LogP contribution in [-0.4, -0.2) is 50.2 Å². The Hall–Kier alpha value is -2.77. The highest BCUT2D eigenvalue weighted by Crippen LogP contribution is 2.28. The fourth-order valence-electron chi connectivity index (χ4n) is 3.11. The second-order valence-corrected chi connectivity index (χ2v) is 6.59.